The molecule has 0 unspecified atom stereocenters. The summed E-state index contributed by atoms with van der Waals surface area (Å²) in [5.74, 6) is -1.39. The van der Waals surface area contributed by atoms with Gasteiger partial charge in [0.05, 0.1) is 5.56 Å². The lowest BCUT2D eigenvalue weighted by atomic mass is 10.0. The van der Waals surface area contributed by atoms with E-state index in [4.69, 9.17) is 5.79 Å². The van der Waals surface area contributed by atoms with Gasteiger partial charge in [0.1, 0.15) is 10.5 Å². The number of fused-ring (bicyclic) bond motifs is 1. The minimum atomic E-state index is -1.06. The maximum absolute atomic E-state index is 10.9. The van der Waals surface area contributed by atoms with Crippen molar-refractivity contribution in [3.05, 3.63) is 39.9 Å². The molecule has 0 atom stereocenters. The Morgan fingerprint density at radius 1 is 1.47 bits per heavy atom. The number of hydrogen-bond donors (Lipinski definition) is 0. The van der Waals surface area contributed by atoms with Crippen LogP contribution in [-0.2, 0) is 0 Å². The van der Waals surface area contributed by atoms with Crippen molar-refractivity contribution in [2.24, 2.45) is 0 Å². The van der Waals surface area contributed by atoms with Crippen molar-refractivity contribution < 1.29 is 10.7 Å². The normalized spacial score (nSPS) is 12.8. The molecule has 78 valence electrons. The number of para-hydroxylation sites is 1. The van der Waals surface area contributed by atoms with Gasteiger partial charge >= 0.3 is 5.88 Å². The molecule has 1 heterocycles. The number of hydrogen-bond acceptors (Lipinski definition) is 3. The molecule has 0 spiro atoms. The van der Waals surface area contributed by atoms with E-state index in [9.17, 15) is 10.1 Å². The zero-order valence-electron chi connectivity index (χ0n) is 9.48. The molecular weight excluding hydrogens is 194 g/mol. The summed E-state index contributed by atoms with van der Waals surface area (Å²) in [7, 11) is 0. The van der Waals surface area contributed by atoms with Crippen LogP contribution >= 0.6 is 0 Å². The van der Waals surface area contributed by atoms with Gasteiger partial charge in [0.25, 0.3) is 0 Å². The largest absolute Gasteiger partial charge is 0.437 e. The molecule has 0 amide bonds. The summed E-state index contributed by atoms with van der Waals surface area (Å²) in [6, 6.07) is 6.92. The van der Waals surface area contributed by atoms with Gasteiger partial charge in [-0.05, 0) is 12.0 Å². The van der Waals surface area contributed by atoms with Crippen LogP contribution in [0.5, 0.6) is 0 Å². The van der Waals surface area contributed by atoms with E-state index in [1.54, 1.807) is 38.1 Å². The predicted octanol–water partition coefficient (Wildman–Crippen LogP) is 3.46. The summed E-state index contributed by atoms with van der Waals surface area (Å²) in [6.45, 7) is 3.22. The van der Waals surface area contributed by atoms with Crippen LogP contribution in [0.2, 0.25) is 0 Å². The van der Waals surface area contributed by atoms with Crippen LogP contribution in [-0.4, -0.2) is 4.92 Å². The SMILES string of the molecule is [2H]C(C)(C)c1c([N+](=O)[O-])oc2ccccc12. The maximum Gasteiger partial charge on any atom is 0.437 e. The Morgan fingerprint density at radius 2 is 2.13 bits per heavy atom. The third-order valence-electron chi connectivity index (χ3n) is 2.24. The Morgan fingerprint density at radius 3 is 2.73 bits per heavy atom. The fraction of sp³-hybridized carbons (Fsp3) is 0.273. The first-order valence-electron chi connectivity index (χ1n) is 5.07. The predicted molar refractivity (Wildman–Crippen MR) is 57.0 cm³/mol. The van der Waals surface area contributed by atoms with Crippen molar-refractivity contribution in [3.8, 4) is 0 Å². The zero-order chi connectivity index (χ0) is 11.9. The molecule has 0 aliphatic carbocycles. The second-order valence-electron chi connectivity index (χ2n) is 3.54. The smallest absolute Gasteiger partial charge is 0.400 e. The van der Waals surface area contributed by atoms with Crippen LogP contribution in [0.15, 0.2) is 28.7 Å². The molecule has 2 rings (SSSR count). The van der Waals surface area contributed by atoms with Crippen molar-refractivity contribution in [3.63, 3.8) is 0 Å². The summed E-state index contributed by atoms with van der Waals surface area (Å²) in [6.07, 6.45) is 0. The highest BCUT2D eigenvalue weighted by Gasteiger charge is 2.25. The van der Waals surface area contributed by atoms with Gasteiger partial charge in [-0.3, -0.25) is 10.1 Å². The quantitative estimate of drug-likeness (QED) is 0.558. The molecule has 0 aliphatic rings. The Labute approximate surface area is 88.1 Å². The summed E-state index contributed by atoms with van der Waals surface area (Å²) in [5.41, 5.74) is 0.776. The van der Waals surface area contributed by atoms with E-state index in [0.717, 1.165) is 0 Å². The highest BCUT2D eigenvalue weighted by Crippen LogP contribution is 2.36. The molecule has 0 fully saturated rings. The Balaban J connectivity index is 2.85. The van der Waals surface area contributed by atoms with E-state index in [1.165, 1.54) is 0 Å². The first-order valence-corrected chi connectivity index (χ1v) is 4.57. The van der Waals surface area contributed by atoms with Crippen LogP contribution in [0.4, 0.5) is 5.88 Å². The van der Waals surface area contributed by atoms with E-state index >= 15 is 0 Å². The molecule has 1 aromatic heterocycles. The van der Waals surface area contributed by atoms with Crippen LogP contribution in [0, 0.1) is 10.1 Å². The maximum atomic E-state index is 10.9. The first-order chi connectivity index (χ1) is 7.41. The Hall–Kier alpha value is -1.84. The first kappa shape index (κ1) is 8.47. The zero-order valence-corrected chi connectivity index (χ0v) is 8.48. The van der Waals surface area contributed by atoms with Crippen LogP contribution < -0.4 is 0 Å². The average Bonchev–Trinajstić information content (AvgIpc) is 2.55. The van der Waals surface area contributed by atoms with Gasteiger partial charge in [-0.1, -0.05) is 32.0 Å². The van der Waals surface area contributed by atoms with Gasteiger partial charge in [0, 0.05) is 6.76 Å². The van der Waals surface area contributed by atoms with E-state index in [0.29, 0.717) is 16.5 Å². The van der Waals surface area contributed by atoms with E-state index in [-0.39, 0.29) is 5.88 Å². The third kappa shape index (κ3) is 1.48. The standard InChI is InChI=1S/C11H11NO3/c1-7(2)10-8-5-3-4-6-9(8)15-11(10)12(13)14/h3-7H,1-2H3/i7D. The number of nitrogens with zero attached hydrogens (tertiary/aromatic N) is 1. The topological polar surface area (TPSA) is 56.3 Å². The fourth-order valence-electron chi connectivity index (χ4n) is 1.64. The molecule has 2 aromatic rings. The molecule has 0 saturated carbocycles. The highest BCUT2D eigenvalue weighted by atomic mass is 16.6. The van der Waals surface area contributed by atoms with Crippen LogP contribution in [0.1, 0.15) is 26.7 Å². The molecule has 0 radical (unpaired) electrons. The fourth-order valence-corrected chi connectivity index (χ4v) is 1.64. The lowest BCUT2D eigenvalue weighted by molar-refractivity contribution is -0.402. The Kier molecular flexibility index (Phi) is 1.91. The van der Waals surface area contributed by atoms with E-state index in [2.05, 4.69) is 0 Å². The summed E-state index contributed by atoms with van der Waals surface area (Å²) in [4.78, 5) is 10.3. The van der Waals surface area contributed by atoms with Crippen molar-refractivity contribution in [1.29, 1.82) is 0 Å². The molecule has 1 aromatic carbocycles. The van der Waals surface area contributed by atoms with Gasteiger partial charge in [0.15, 0.2) is 0 Å². The Bertz CT molecular complexity index is 554. The van der Waals surface area contributed by atoms with Gasteiger partial charge in [0.2, 0.25) is 0 Å². The molecule has 4 heteroatoms. The van der Waals surface area contributed by atoms with E-state index < -0.39 is 10.8 Å². The molecule has 0 N–H and O–H groups in total. The molecular formula is C11H11NO3. The lowest BCUT2D eigenvalue weighted by Crippen LogP contribution is -1.93. The van der Waals surface area contributed by atoms with Gasteiger partial charge in [-0.25, -0.2) is 0 Å². The monoisotopic (exact) mass is 206 g/mol. The molecule has 0 aliphatic heterocycles. The average molecular weight is 206 g/mol. The van der Waals surface area contributed by atoms with Crippen molar-refractivity contribution >= 4 is 16.9 Å². The number of nitro groups is 1. The summed E-state index contributed by atoms with van der Waals surface area (Å²) >= 11 is 0. The summed E-state index contributed by atoms with van der Waals surface area (Å²) < 4.78 is 13.1. The highest BCUT2D eigenvalue weighted by molar-refractivity contribution is 5.84. The van der Waals surface area contributed by atoms with Crippen LogP contribution in [0.3, 0.4) is 0 Å². The lowest BCUT2D eigenvalue weighted by Gasteiger charge is -1.99. The number of benzene rings is 1. The molecule has 15 heavy (non-hydrogen) atoms. The second kappa shape index (κ2) is 3.38. The number of furan rings is 1. The third-order valence-corrected chi connectivity index (χ3v) is 2.24. The second-order valence-corrected chi connectivity index (χ2v) is 3.54. The van der Waals surface area contributed by atoms with Gasteiger partial charge < -0.3 is 4.42 Å². The number of rotatable bonds is 2. The molecule has 0 bridgehead atoms. The van der Waals surface area contributed by atoms with E-state index in [1.807, 2.05) is 0 Å². The summed E-state index contributed by atoms with van der Waals surface area (Å²) in [5, 5.41) is 11.5. The van der Waals surface area contributed by atoms with Crippen LogP contribution in [0.25, 0.3) is 11.0 Å². The minimum Gasteiger partial charge on any atom is -0.400 e. The van der Waals surface area contributed by atoms with Crippen molar-refractivity contribution in [1.82, 2.24) is 0 Å². The van der Waals surface area contributed by atoms with Gasteiger partial charge in [-0.15, -0.1) is 0 Å². The minimum absolute atomic E-state index is 0.327. The van der Waals surface area contributed by atoms with Crippen molar-refractivity contribution in [2.45, 2.75) is 19.7 Å². The van der Waals surface area contributed by atoms with Gasteiger partial charge in [-0.2, -0.15) is 0 Å². The van der Waals surface area contributed by atoms with Crippen molar-refractivity contribution in [2.75, 3.05) is 0 Å². The molecule has 0 saturated heterocycles. The molecule has 4 nitrogen and oxygen atoms in total.